The first kappa shape index (κ1) is 18.7. The summed E-state index contributed by atoms with van der Waals surface area (Å²) in [7, 11) is 0. The Labute approximate surface area is 176 Å². The fourth-order valence-electron chi connectivity index (χ4n) is 5.13. The van der Waals surface area contributed by atoms with Gasteiger partial charge in [-0.2, -0.15) is 0 Å². The lowest BCUT2D eigenvalue weighted by Gasteiger charge is -2.29. The number of phenolic OH excluding ortho intramolecular Hbond substituents is 2. The molecule has 0 saturated carbocycles. The standard InChI is InChI=1S/C26H25NO3/c28-20-12-8-18(9-13-20)26(19-10-14-21(29)15-11-19)23-16-7-17-5-3-1-2-4-6-22(17)24(23)27-25(26)30/h7-16,28-29H,1-6H2,(H,27,30). The van der Waals surface area contributed by atoms with Crippen LogP contribution < -0.4 is 5.32 Å². The van der Waals surface area contributed by atoms with Gasteiger partial charge in [-0.15, -0.1) is 0 Å². The van der Waals surface area contributed by atoms with Crippen molar-refractivity contribution in [3.8, 4) is 11.5 Å². The molecule has 1 aliphatic heterocycles. The second-order valence-corrected chi connectivity index (χ2v) is 8.34. The minimum Gasteiger partial charge on any atom is -0.508 e. The maximum absolute atomic E-state index is 13.7. The van der Waals surface area contributed by atoms with Gasteiger partial charge in [-0.1, -0.05) is 49.2 Å². The van der Waals surface area contributed by atoms with Crippen LogP contribution in [0.25, 0.3) is 0 Å². The molecule has 0 fully saturated rings. The number of carbonyl (C=O) groups excluding carboxylic acids is 1. The molecule has 0 bridgehead atoms. The van der Waals surface area contributed by atoms with E-state index in [1.165, 1.54) is 30.4 Å². The van der Waals surface area contributed by atoms with Crippen molar-refractivity contribution >= 4 is 11.6 Å². The van der Waals surface area contributed by atoms with Crippen molar-refractivity contribution in [3.63, 3.8) is 0 Å². The van der Waals surface area contributed by atoms with Gasteiger partial charge in [0.2, 0.25) is 5.91 Å². The maximum atomic E-state index is 13.7. The third-order valence-corrected chi connectivity index (χ3v) is 6.62. The van der Waals surface area contributed by atoms with E-state index in [2.05, 4.69) is 17.4 Å². The van der Waals surface area contributed by atoms with E-state index in [0.29, 0.717) is 0 Å². The lowest BCUT2D eigenvalue weighted by Crippen LogP contribution is -2.36. The number of hydrogen-bond acceptors (Lipinski definition) is 3. The van der Waals surface area contributed by atoms with Gasteiger partial charge >= 0.3 is 0 Å². The molecule has 1 aliphatic carbocycles. The quantitative estimate of drug-likeness (QED) is 0.565. The van der Waals surface area contributed by atoms with Gasteiger partial charge in [0.1, 0.15) is 16.9 Å². The first-order valence-electron chi connectivity index (χ1n) is 10.7. The largest absolute Gasteiger partial charge is 0.508 e. The Morgan fingerprint density at radius 1 is 0.700 bits per heavy atom. The van der Waals surface area contributed by atoms with Crippen LogP contribution in [0.15, 0.2) is 60.7 Å². The van der Waals surface area contributed by atoms with E-state index < -0.39 is 5.41 Å². The van der Waals surface area contributed by atoms with Gasteiger partial charge in [-0.25, -0.2) is 0 Å². The molecule has 5 rings (SSSR count). The van der Waals surface area contributed by atoms with Crippen molar-refractivity contribution in [3.05, 3.63) is 88.5 Å². The summed E-state index contributed by atoms with van der Waals surface area (Å²) in [6.07, 6.45) is 6.81. The normalized spacial score (nSPS) is 17.4. The number of phenols is 2. The zero-order valence-corrected chi connectivity index (χ0v) is 16.8. The smallest absolute Gasteiger partial charge is 0.244 e. The number of fused-ring (bicyclic) bond motifs is 3. The molecule has 3 aromatic rings. The van der Waals surface area contributed by atoms with Gasteiger partial charge < -0.3 is 15.5 Å². The lowest BCUT2D eigenvalue weighted by molar-refractivity contribution is -0.118. The number of benzene rings is 3. The van der Waals surface area contributed by atoms with Gasteiger partial charge in [0, 0.05) is 11.3 Å². The Morgan fingerprint density at radius 2 is 1.27 bits per heavy atom. The van der Waals surface area contributed by atoms with Crippen molar-refractivity contribution in [2.45, 2.75) is 43.9 Å². The predicted octanol–water partition coefficient (Wildman–Crippen LogP) is 5.04. The third kappa shape index (κ3) is 2.78. The first-order valence-corrected chi connectivity index (χ1v) is 10.7. The molecule has 0 spiro atoms. The molecule has 3 N–H and O–H groups in total. The average Bonchev–Trinajstić information content (AvgIpc) is 3.02. The zero-order chi connectivity index (χ0) is 20.7. The van der Waals surface area contributed by atoms with Crippen LogP contribution in [0.3, 0.4) is 0 Å². The molecule has 0 unspecified atom stereocenters. The number of carbonyl (C=O) groups is 1. The van der Waals surface area contributed by atoms with E-state index >= 15 is 0 Å². The molecule has 0 atom stereocenters. The van der Waals surface area contributed by atoms with Crippen LogP contribution >= 0.6 is 0 Å². The minimum atomic E-state index is -1.02. The van der Waals surface area contributed by atoms with Gasteiger partial charge in [-0.05, 0) is 72.2 Å². The van der Waals surface area contributed by atoms with Gasteiger partial charge in [0.05, 0.1) is 0 Å². The molecule has 0 aromatic heterocycles. The van der Waals surface area contributed by atoms with Crippen LogP contribution in [-0.2, 0) is 23.1 Å². The highest BCUT2D eigenvalue weighted by Gasteiger charge is 2.50. The Hall–Kier alpha value is -3.27. The van der Waals surface area contributed by atoms with Crippen molar-refractivity contribution in [2.24, 2.45) is 0 Å². The molecular formula is C26H25NO3. The second kappa shape index (κ2) is 7.21. The Kier molecular flexibility index (Phi) is 4.50. The highest BCUT2D eigenvalue weighted by atomic mass is 16.3. The number of hydrogen-bond donors (Lipinski definition) is 3. The highest BCUT2D eigenvalue weighted by Crippen LogP contribution is 2.50. The number of aromatic hydroxyl groups is 2. The van der Waals surface area contributed by atoms with Gasteiger partial charge in [0.15, 0.2) is 0 Å². The fraction of sp³-hybridized carbons (Fsp3) is 0.269. The third-order valence-electron chi connectivity index (χ3n) is 6.62. The summed E-state index contributed by atoms with van der Waals surface area (Å²) in [5.41, 5.74) is 5.07. The summed E-state index contributed by atoms with van der Waals surface area (Å²) in [5, 5.41) is 22.9. The summed E-state index contributed by atoms with van der Waals surface area (Å²) in [5.74, 6) is 0.233. The van der Waals surface area contributed by atoms with Crippen LogP contribution in [0, 0.1) is 0 Å². The molecule has 0 saturated heterocycles. The van der Waals surface area contributed by atoms with Crippen molar-refractivity contribution in [1.29, 1.82) is 0 Å². The lowest BCUT2D eigenvalue weighted by atomic mass is 9.69. The van der Waals surface area contributed by atoms with Gasteiger partial charge in [-0.3, -0.25) is 4.79 Å². The Morgan fingerprint density at radius 3 is 1.87 bits per heavy atom. The Bertz CT molecular complexity index is 1050. The molecule has 152 valence electrons. The van der Waals surface area contributed by atoms with Crippen LogP contribution in [0.4, 0.5) is 5.69 Å². The molecule has 4 heteroatoms. The summed E-state index contributed by atoms with van der Waals surface area (Å²) in [6, 6.07) is 18.0. The predicted molar refractivity (Wildman–Crippen MR) is 117 cm³/mol. The minimum absolute atomic E-state index is 0.0932. The number of amides is 1. The zero-order valence-electron chi connectivity index (χ0n) is 16.8. The van der Waals surface area contributed by atoms with E-state index in [-0.39, 0.29) is 17.4 Å². The molecule has 4 nitrogen and oxygen atoms in total. The van der Waals surface area contributed by atoms with Crippen LogP contribution in [-0.4, -0.2) is 16.1 Å². The van der Waals surface area contributed by atoms with E-state index in [1.807, 2.05) is 24.3 Å². The van der Waals surface area contributed by atoms with E-state index in [9.17, 15) is 15.0 Å². The summed E-state index contributed by atoms with van der Waals surface area (Å²) < 4.78 is 0. The maximum Gasteiger partial charge on any atom is 0.244 e. The average molecular weight is 399 g/mol. The van der Waals surface area contributed by atoms with Gasteiger partial charge in [0.25, 0.3) is 0 Å². The van der Waals surface area contributed by atoms with E-state index in [4.69, 9.17) is 0 Å². The monoisotopic (exact) mass is 399 g/mol. The second-order valence-electron chi connectivity index (χ2n) is 8.34. The molecule has 1 amide bonds. The van der Waals surface area contributed by atoms with Crippen molar-refractivity contribution < 1.29 is 15.0 Å². The molecule has 3 aromatic carbocycles. The summed E-state index contributed by atoms with van der Waals surface area (Å²) >= 11 is 0. The number of rotatable bonds is 2. The van der Waals surface area contributed by atoms with Crippen molar-refractivity contribution in [1.82, 2.24) is 0 Å². The number of anilines is 1. The summed E-state index contributed by atoms with van der Waals surface area (Å²) in [4.78, 5) is 13.7. The molecular weight excluding hydrogens is 374 g/mol. The van der Waals surface area contributed by atoms with Crippen LogP contribution in [0.1, 0.15) is 53.5 Å². The fourth-order valence-corrected chi connectivity index (χ4v) is 5.13. The topological polar surface area (TPSA) is 69.6 Å². The summed E-state index contributed by atoms with van der Waals surface area (Å²) in [6.45, 7) is 0. The SMILES string of the molecule is O=C1Nc2c(ccc3c2CCCCCC3)C1(c1ccc(O)cc1)c1ccc(O)cc1. The first-order chi connectivity index (χ1) is 14.6. The van der Waals surface area contributed by atoms with E-state index in [1.54, 1.807) is 24.3 Å². The van der Waals surface area contributed by atoms with E-state index in [0.717, 1.165) is 41.6 Å². The number of nitrogens with one attached hydrogen (secondary N) is 1. The molecule has 1 heterocycles. The number of aryl methyl sites for hydroxylation is 1. The van der Waals surface area contributed by atoms with Crippen LogP contribution in [0.5, 0.6) is 11.5 Å². The molecule has 2 aliphatic rings. The highest BCUT2D eigenvalue weighted by molar-refractivity contribution is 6.12. The Balaban J connectivity index is 1.78. The van der Waals surface area contributed by atoms with Crippen molar-refractivity contribution in [2.75, 3.05) is 5.32 Å². The molecule has 0 radical (unpaired) electrons. The molecule has 30 heavy (non-hydrogen) atoms. The van der Waals surface area contributed by atoms with Crippen LogP contribution in [0.2, 0.25) is 0 Å².